The van der Waals surface area contributed by atoms with Crippen LogP contribution in [-0.4, -0.2) is 16.5 Å². The van der Waals surface area contributed by atoms with Crippen LogP contribution in [0, 0.1) is 11.6 Å². The Morgan fingerprint density at radius 2 is 2.00 bits per heavy atom. The summed E-state index contributed by atoms with van der Waals surface area (Å²) in [6.07, 6.45) is 4.82. The number of rotatable bonds is 5. The normalized spacial score (nSPS) is 12.4. The Hall–Kier alpha value is -1.88. The quantitative estimate of drug-likeness (QED) is 0.901. The molecule has 0 radical (unpaired) electrons. The summed E-state index contributed by atoms with van der Waals surface area (Å²) < 4.78 is 26.2. The second-order valence-corrected chi connectivity index (χ2v) is 4.22. The van der Waals surface area contributed by atoms with E-state index in [1.807, 2.05) is 6.92 Å². The van der Waals surface area contributed by atoms with Crippen LogP contribution >= 0.6 is 0 Å². The minimum atomic E-state index is -0.400. The van der Waals surface area contributed by atoms with Crippen molar-refractivity contribution in [1.82, 2.24) is 15.3 Å². The van der Waals surface area contributed by atoms with E-state index in [1.165, 1.54) is 12.1 Å². The maximum absolute atomic E-state index is 13.3. The second-order valence-electron chi connectivity index (χ2n) is 4.22. The fourth-order valence-corrected chi connectivity index (χ4v) is 1.83. The average molecular weight is 263 g/mol. The Morgan fingerprint density at radius 1 is 1.16 bits per heavy atom. The predicted molar refractivity (Wildman–Crippen MR) is 68.5 cm³/mol. The smallest absolute Gasteiger partial charge is 0.141 e. The zero-order chi connectivity index (χ0) is 13.7. The van der Waals surface area contributed by atoms with Crippen LogP contribution in [0.3, 0.4) is 0 Å². The fraction of sp³-hybridized carbons (Fsp3) is 0.286. The molecule has 5 heteroatoms. The Morgan fingerprint density at radius 3 is 2.63 bits per heavy atom. The van der Waals surface area contributed by atoms with Crippen LogP contribution in [0.15, 0.2) is 36.8 Å². The lowest BCUT2D eigenvalue weighted by atomic mass is 10.0. The molecule has 0 fully saturated rings. The van der Waals surface area contributed by atoms with E-state index >= 15 is 0 Å². The van der Waals surface area contributed by atoms with Gasteiger partial charge < -0.3 is 5.32 Å². The standard InChI is InChI=1S/C14H15F2N3/c1-2-5-18-14(10-6-12(16)8-17-7-10)13-4-3-11(15)9-19-13/h3-4,6-9,14,18H,2,5H2,1H3. The molecule has 2 heterocycles. The Bertz CT molecular complexity index is 528. The third kappa shape index (κ3) is 3.54. The predicted octanol–water partition coefficient (Wildman–Crippen LogP) is 2.84. The molecule has 1 N–H and O–H groups in total. The van der Waals surface area contributed by atoms with E-state index in [0.29, 0.717) is 11.3 Å². The van der Waals surface area contributed by atoms with E-state index in [0.717, 1.165) is 25.4 Å². The molecule has 0 saturated heterocycles. The molecule has 2 aromatic heterocycles. The summed E-state index contributed by atoms with van der Waals surface area (Å²) in [6.45, 7) is 2.78. The maximum atomic E-state index is 13.3. The third-order valence-corrected chi connectivity index (χ3v) is 2.70. The van der Waals surface area contributed by atoms with Gasteiger partial charge in [0.05, 0.1) is 24.1 Å². The third-order valence-electron chi connectivity index (χ3n) is 2.70. The van der Waals surface area contributed by atoms with Gasteiger partial charge in [-0.05, 0) is 36.7 Å². The van der Waals surface area contributed by atoms with E-state index < -0.39 is 11.6 Å². The Balaban J connectivity index is 2.32. The van der Waals surface area contributed by atoms with Gasteiger partial charge >= 0.3 is 0 Å². The molecule has 0 aromatic carbocycles. The van der Waals surface area contributed by atoms with Crippen molar-refractivity contribution in [3.8, 4) is 0 Å². The average Bonchev–Trinajstić information content (AvgIpc) is 2.41. The van der Waals surface area contributed by atoms with Gasteiger partial charge in [-0.15, -0.1) is 0 Å². The van der Waals surface area contributed by atoms with E-state index in [2.05, 4.69) is 15.3 Å². The van der Waals surface area contributed by atoms with Crippen molar-refractivity contribution in [1.29, 1.82) is 0 Å². The molecule has 1 atom stereocenters. The summed E-state index contributed by atoms with van der Waals surface area (Å²) in [7, 11) is 0. The molecule has 0 bridgehead atoms. The van der Waals surface area contributed by atoms with Crippen LogP contribution in [-0.2, 0) is 0 Å². The van der Waals surface area contributed by atoms with Crippen LogP contribution in [0.4, 0.5) is 8.78 Å². The molecule has 0 spiro atoms. The minimum absolute atomic E-state index is 0.288. The molecule has 2 rings (SSSR count). The molecular formula is C14H15F2N3. The number of nitrogens with one attached hydrogen (secondary N) is 1. The Kier molecular flexibility index (Phi) is 4.52. The van der Waals surface area contributed by atoms with Crippen LogP contribution in [0.5, 0.6) is 0 Å². The molecule has 3 nitrogen and oxygen atoms in total. The highest BCUT2D eigenvalue weighted by Crippen LogP contribution is 2.20. The fourth-order valence-electron chi connectivity index (χ4n) is 1.83. The van der Waals surface area contributed by atoms with Crippen molar-refractivity contribution in [2.24, 2.45) is 0 Å². The van der Waals surface area contributed by atoms with E-state index in [9.17, 15) is 8.78 Å². The van der Waals surface area contributed by atoms with E-state index in [4.69, 9.17) is 0 Å². The van der Waals surface area contributed by atoms with E-state index in [-0.39, 0.29) is 6.04 Å². The van der Waals surface area contributed by atoms with Crippen molar-refractivity contribution in [2.75, 3.05) is 6.54 Å². The highest BCUT2D eigenvalue weighted by molar-refractivity contribution is 5.25. The molecule has 1 unspecified atom stereocenters. The van der Waals surface area contributed by atoms with Gasteiger partial charge in [-0.3, -0.25) is 9.97 Å². The van der Waals surface area contributed by atoms with E-state index in [1.54, 1.807) is 12.3 Å². The van der Waals surface area contributed by atoms with Crippen LogP contribution < -0.4 is 5.32 Å². The molecule has 0 aliphatic rings. The molecule has 0 aliphatic carbocycles. The molecular weight excluding hydrogens is 248 g/mol. The summed E-state index contributed by atoms with van der Waals surface area (Å²) in [6, 6.07) is 4.05. The van der Waals surface area contributed by atoms with Crippen LogP contribution in [0.25, 0.3) is 0 Å². The van der Waals surface area contributed by atoms with Gasteiger partial charge in [0.15, 0.2) is 0 Å². The largest absolute Gasteiger partial charge is 0.305 e. The lowest BCUT2D eigenvalue weighted by Crippen LogP contribution is -2.24. The maximum Gasteiger partial charge on any atom is 0.141 e. The second kappa shape index (κ2) is 6.33. The summed E-state index contributed by atoms with van der Waals surface area (Å²) in [5, 5.41) is 3.26. The number of halogens is 2. The van der Waals surface area contributed by atoms with Crippen LogP contribution in [0.1, 0.15) is 30.6 Å². The summed E-state index contributed by atoms with van der Waals surface area (Å²) >= 11 is 0. The lowest BCUT2D eigenvalue weighted by Gasteiger charge is -2.18. The van der Waals surface area contributed by atoms with Crippen LogP contribution in [0.2, 0.25) is 0 Å². The van der Waals surface area contributed by atoms with Gasteiger partial charge in [0, 0.05) is 6.20 Å². The van der Waals surface area contributed by atoms with Crippen molar-refractivity contribution >= 4 is 0 Å². The van der Waals surface area contributed by atoms with Gasteiger partial charge in [0.2, 0.25) is 0 Å². The van der Waals surface area contributed by atoms with Gasteiger partial charge in [0.25, 0.3) is 0 Å². The zero-order valence-corrected chi connectivity index (χ0v) is 10.6. The first-order valence-electron chi connectivity index (χ1n) is 6.16. The molecule has 0 amide bonds. The van der Waals surface area contributed by atoms with Gasteiger partial charge in [-0.2, -0.15) is 0 Å². The number of hydrogen-bond acceptors (Lipinski definition) is 3. The Labute approximate surface area is 110 Å². The SMILES string of the molecule is CCCNC(c1cncc(F)c1)c1ccc(F)cn1. The van der Waals surface area contributed by atoms with Crippen molar-refractivity contribution < 1.29 is 8.78 Å². The molecule has 0 saturated carbocycles. The number of hydrogen-bond donors (Lipinski definition) is 1. The summed E-state index contributed by atoms with van der Waals surface area (Å²) in [5.74, 6) is -0.793. The topological polar surface area (TPSA) is 37.8 Å². The molecule has 2 aromatic rings. The van der Waals surface area contributed by atoms with Gasteiger partial charge in [0.1, 0.15) is 11.6 Å². The van der Waals surface area contributed by atoms with Gasteiger partial charge in [-0.1, -0.05) is 6.92 Å². The molecule has 0 aliphatic heterocycles. The first kappa shape index (κ1) is 13.5. The first-order valence-corrected chi connectivity index (χ1v) is 6.16. The monoisotopic (exact) mass is 263 g/mol. The van der Waals surface area contributed by atoms with Gasteiger partial charge in [-0.25, -0.2) is 8.78 Å². The zero-order valence-electron chi connectivity index (χ0n) is 10.6. The highest BCUT2D eigenvalue weighted by Gasteiger charge is 2.15. The summed E-state index contributed by atoms with van der Waals surface area (Å²) in [5.41, 5.74) is 1.31. The number of nitrogens with zero attached hydrogens (tertiary/aromatic N) is 2. The first-order chi connectivity index (χ1) is 9.20. The lowest BCUT2D eigenvalue weighted by molar-refractivity contribution is 0.565. The molecule has 100 valence electrons. The highest BCUT2D eigenvalue weighted by atomic mass is 19.1. The molecule has 19 heavy (non-hydrogen) atoms. The number of pyridine rings is 2. The number of aromatic nitrogens is 2. The van der Waals surface area contributed by atoms with Crippen molar-refractivity contribution in [3.05, 3.63) is 59.7 Å². The minimum Gasteiger partial charge on any atom is -0.305 e. The van der Waals surface area contributed by atoms with Crippen molar-refractivity contribution in [3.63, 3.8) is 0 Å². The van der Waals surface area contributed by atoms with Crippen molar-refractivity contribution in [2.45, 2.75) is 19.4 Å². The summed E-state index contributed by atoms with van der Waals surface area (Å²) in [4.78, 5) is 7.89.